The summed E-state index contributed by atoms with van der Waals surface area (Å²) in [6.45, 7) is 0. The van der Waals surface area contributed by atoms with Crippen LogP contribution in [0.1, 0.15) is 10.5 Å². The maximum absolute atomic E-state index is 10.9. The molecule has 0 saturated heterocycles. The van der Waals surface area contributed by atoms with E-state index in [4.69, 9.17) is 5.11 Å². The maximum Gasteiger partial charge on any atom is 0.355 e. The third-order valence-corrected chi connectivity index (χ3v) is 5.24. The average Bonchev–Trinajstić information content (AvgIpc) is 3.11. The number of thiazole rings is 2. The molecule has 5 nitrogen and oxygen atoms in total. The van der Waals surface area contributed by atoms with Crippen LogP contribution in [0.2, 0.25) is 0 Å². The Bertz CT molecular complexity index is 1040. The number of carboxylic acid groups (broad SMARTS) is 1. The van der Waals surface area contributed by atoms with Crippen LogP contribution in [0.15, 0.2) is 35.7 Å². The first-order valence-corrected chi connectivity index (χ1v) is 8.02. The van der Waals surface area contributed by atoms with Crippen LogP contribution in [0.25, 0.3) is 31.0 Å². The zero-order valence-corrected chi connectivity index (χ0v) is 12.6. The van der Waals surface area contributed by atoms with Gasteiger partial charge in [0.2, 0.25) is 0 Å². The van der Waals surface area contributed by atoms with Gasteiger partial charge in [0.15, 0.2) is 15.7 Å². The Balaban J connectivity index is 1.88. The monoisotopic (exact) mass is 328 g/mol. The van der Waals surface area contributed by atoms with E-state index in [9.17, 15) is 9.90 Å². The second-order valence-electron chi connectivity index (χ2n) is 4.71. The highest BCUT2D eigenvalue weighted by molar-refractivity contribution is 7.25. The van der Waals surface area contributed by atoms with Gasteiger partial charge in [0.05, 0.1) is 10.2 Å². The molecule has 0 aliphatic rings. The van der Waals surface area contributed by atoms with E-state index in [0.717, 1.165) is 21.0 Å². The fourth-order valence-electron chi connectivity index (χ4n) is 2.22. The molecule has 2 aromatic carbocycles. The molecule has 0 aliphatic heterocycles. The van der Waals surface area contributed by atoms with Crippen molar-refractivity contribution in [2.45, 2.75) is 0 Å². The molecular weight excluding hydrogens is 320 g/mol. The van der Waals surface area contributed by atoms with Gasteiger partial charge in [-0.25, -0.2) is 14.8 Å². The standard InChI is InChI=1S/C15H8N2O3S2/c18-9-2-1-7-4-10-12(5-8(7)3-9)22-14(16-10)13-17-11(6-21-13)15(19)20/h1-6,18H,(H,19,20). The number of aromatic carboxylic acids is 1. The van der Waals surface area contributed by atoms with Gasteiger partial charge in [-0.3, -0.25) is 0 Å². The fraction of sp³-hybridized carbons (Fsp3) is 0. The molecule has 4 rings (SSSR count). The summed E-state index contributed by atoms with van der Waals surface area (Å²) < 4.78 is 0.972. The minimum Gasteiger partial charge on any atom is -0.508 e. The molecule has 22 heavy (non-hydrogen) atoms. The molecule has 0 unspecified atom stereocenters. The van der Waals surface area contributed by atoms with Crippen LogP contribution in [0.5, 0.6) is 5.75 Å². The lowest BCUT2D eigenvalue weighted by Crippen LogP contribution is -1.95. The summed E-state index contributed by atoms with van der Waals surface area (Å²) in [5.41, 5.74) is 0.875. The minimum atomic E-state index is -1.04. The second-order valence-corrected chi connectivity index (χ2v) is 6.60. The Labute approximate surface area is 132 Å². The van der Waals surface area contributed by atoms with Crippen LogP contribution in [0.3, 0.4) is 0 Å². The first kappa shape index (κ1) is 13.2. The first-order valence-electron chi connectivity index (χ1n) is 6.33. The fourth-order valence-corrected chi connectivity index (χ4v) is 4.04. The zero-order chi connectivity index (χ0) is 15.3. The van der Waals surface area contributed by atoms with Crippen LogP contribution < -0.4 is 0 Å². The van der Waals surface area contributed by atoms with Crippen molar-refractivity contribution in [1.82, 2.24) is 9.97 Å². The van der Waals surface area contributed by atoms with E-state index in [0.29, 0.717) is 10.0 Å². The molecular formula is C15H8N2O3S2. The van der Waals surface area contributed by atoms with Gasteiger partial charge >= 0.3 is 5.97 Å². The minimum absolute atomic E-state index is 0.0364. The summed E-state index contributed by atoms with van der Waals surface area (Å²) in [7, 11) is 0. The first-order chi connectivity index (χ1) is 10.6. The third kappa shape index (κ3) is 2.11. The van der Waals surface area contributed by atoms with Crippen molar-refractivity contribution in [3.8, 4) is 15.8 Å². The molecule has 0 amide bonds. The number of benzene rings is 2. The van der Waals surface area contributed by atoms with Crippen molar-refractivity contribution in [2.24, 2.45) is 0 Å². The molecule has 4 aromatic rings. The molecule has 7 heteroatoms. The number of hydrogen-bond acceptors (Lipinski definition) is 6. The van der Waals surface area contributed by atoms with Gasteiger partial charge in [0, 0.05) is 5.38 Å². The Morgan fingerprint density at radius 2 is 1.91 bits per heavy atom. The second kappa shape index (κ2) is 4.75. The number of aromatic nitrogens is 2. The molecule has 2 N–H and O–H groups in total. The van der Waals surface area contributed by atoms with E-state index in [1.165, 1.54) is 28.1 Å². The smallest absolute Gasteiger partial charge is 0.355 e. The van der Waals surface area contributed by atoms with Gasteiger partial charge in [-0.15, -0.1) is 22.7 Å². The predicted molar refractivity (Wildman–Crippen MR) is 86.9 cm³/mol. The highest BCUT2D eigenvalue weighted by atomic mass is 32.1. The number of phenolic OH excluding ortho intramolecular Hbond substituents is 1. The van der Waals surface area contributed by atoms with Gasteiger partial charge in [0.25, 0.3) is 0 Å². The van der Waals surface area contributed by atoms with E-state index in [2.05, 4.69) is 9.97 Å². The number of carboxylic acids is 1. The Morgan fingerprint density at radius 1 is 1.05 bits per heavy atom. The molecule has 0 saturated carbocycles. The zero-order valence-electron chi connectivity index (χ0n) is 11.0. The molecule has 0 bridgehead atoms. The normalized spacial score (nSPS) is 11.3. The Kier molecular flexibility index (Phi) is 2.85. The quantitative estimate of drug-likeness (QED) is 0.581. The van der Waals surface area contributed by atoms with Crippen LogP contribution in [-0.4, -0.2) is 26.2 Å². The lowest BCUT2D eigenvalue weighted by molar-refractivity contribution is 0.0691. The Hall–Kier alpha value is -2.51. The van der Waals surface area contributed by atoms with E-state index < -0.39 is 5.97 Å². The topological polar surface area (TPSA) is 83.3 Å². The highest BCUT2D eigenvalue weighted by Gasteiger charge is 2.14. The van der Waals surface area contributed by atoms with Gasteiger partial charge in [0.1, 0.15) is 5.75 Å². The van der Waals surface area contributed by atoms with E-state index >= 15 is 0 Å². The van der Waals surface area contributed by atoms with Gasteiger partial charge in [-0.2, -0.15) is 0 Å². The van der Waals surface area contributed by atoms with Crippen molar-refractivity contribution < 1.29 is 15.0 Å². The number of aromatic hydroxyl groups is 1. The third-order valence-electron chi connectivity index (χ3n) is 3.24. The molecule has 0 aliphatic carbocycles. The van der Waals surface area contributed by atoms with E-state index in [1.54, 1.807) is 12.1 Å². The summed E-state index contributed by atoms with van der Waals surface area (Å²) in [5, 5.41) is 23.3. The van der Waals surface area contributed by atoms with Crippen molar-refractivity contribution in [3.63, 3.8) is 0 Å². The number of hydrogen-bond donors (Lipinski definition) is 2. The summed E-state index contributed by atoms with van der Waals surface area (Å²) >= 11 is 2.73. The number of phenols is 1. The van der Waals surface area contributed by atoms with Crippen molar-refractivity contribution in [2.75, 3.05) is 0 Å². The van der Waals surface area contributed by atoms with Gasteiger partial charge in [-0.05, 0) is 35.0 Å². The molecule has 108 valence electrons. The molecule has 0 fully saturated rings. The van der Waals surface area contributed by atoms with Gasteiger partial charge < -0.3 is 10.2 Å². The average molecular weight is 328 g/mol. The number of fused-ring (bicyclic) bond motifs is 2. The molecule has 0 spiro atoms. The molecule has 0 radical (unpaired) electrons. The van der Waals surface area contributed by atoms with Crippen molar-refractivity contribution in [3.05, 3.63) is 41.4 Å². The number of nitrogens with zero attached hydrogens (tertiary/aromatic N) is 2. The highest BCUT2D eigenvalue weighted by Crippen LogP contribution is 2.34. The van der Waals surface area contributed by atoms with Gasteiger partial charge in [-0.1, -0.05) is 6.07 Å². The summed E-state index contributed by atoms with van der Waals surface area (Å²) in [6.07, 6.45) is 0. The summed E-state index contributed by atoms with van der Waals surface area (Å²) in [6, 6.07) is 9.11. The molecule has 2 heterocycles. The number of carbonyl (C=O) groups is 1. The largest absolute Gasteiger partial charge is 0.508 e. The maximum atomic E-state index is 10.9. The number of rotatable bonds is 2. The predicted octanol–water partition coefficient (Wildman–Crippen LogP) is 3.98. The van der Waals surface area contributed by atoms with Crippen molar-refractivity contribution in [1.29, 1.82) is 0 Å². The van der Waals surface area contributed by atoms with Crippen LogP contribution >= 0.6 is 22.7 Å². The van der Waals surface area contributed by atoms with Crippen molar-refractivity contribution >= 4 is 49.6 Å². The molecule has 0 atom stereocenters. The molecule has 2 aromatic heterocycles. The van der Waals surface area contributed by atoms with E-state index in [-0.39, 0.29) is 11.4 Å². The SMILES string of the molecule is O=C(O)c1csc(-c2nc3cc4ccc(O)cc4cc3s2)n1. The van der Waals surface area contributed by atoms with Crippen LogP contribution in [-0.2, 0) is 0 Å². The summed E-state index contributed by atoms with van der Waals surface area (Å²) in [4.78, 5) is 19.5. The Morgan fingerprint density at radius 3 is 2.68 bits per heavy atom. The summed E-state index contributed by atoms with van der Waals surface area (Å²) in [5.74, 6) is -0.813. The van der Waals surface area contributed by atoms with Crippen LogP contribution in [0.4, 0.5) is 0 Å². The lowest BCUT2D eigenvalue weighted by atomic mass is 10.1. The lowest BCUT2D eigenvalue weighted by Gasteiger charge is -1.98. The van der Waals surface area contributed by atoms with Crippen LogP contribution in [0, 0.1) is 0 Å². The van der Waals surface area contributed by atoms with E-state index in [1.807, 2.05) is 18.2 Å².